The number of fused-ring (bicyclic) bond motifs is 1. The number of alkyl halides is 3. The van der Waals surface area contributed by atoms with E-state index in [0.717, 1.165) is 28.4 Å². The maximum absolute atomic E-state index is 12.7. The lowest BCUT2D eigenvalue weighted by molar-refractivity contribution is -0.150. The van der Waals surface area contributed by atoms with Crippen molar-refractivity contribution in [3.05, 3.63) is 11.3 Å². The molecule has 0 aliphatic carbocycles. The Labute approximate surface area is 208 Å². The van der Waals surface area contributed by atoms with E-state index < -0.39 is 73.6 Å². The van der Waals surface area contributed by atoms with Crippen LogP contribution in [0.25, 0.3) is 0 Å². The Morgan fingerprint density at radius 1 is 1.36 bits per heavy atom. The molecule has 1 aromatic heterocycles. The largest absolute Gasteiger partial charge is 0.477 e. The average molecular weight is 574 g/mol. The SMILES string of the molecule is NC(=O)CCC(Sc1nn[nH]n1)C1=C(C(=O)O)N2C(=O)C(NC(=O)CS(=O)(=O)CC(F)(F)F)[C@H]2SC1. The van der Waals surface area contributed by atoms with Gasteiger partial charge in [0, 0.05) is 17.4 Å². The van der Waals surface area contributed by atoms with Crippen molar-refractivity contribution in [2.24, 2.45) is 5.73 Å². The molecule has 20 heteroatoms. The molecule has 3 rings (SSSR count). The van der Waals surface area contributed by atoms with E-state index in [1.165, 1.54) is 0 Å². The summed E-state index contributed by atoms with van der Waals surface area (Å²) < 4.78 is 60.3. The number of thioether (sulfide) groups is 2. The summed E-state index contributed by atoms with van der Waals surface area (Å²) in [5, 5.41) is 23.6. The average Bonchev–Trinajstić information content (AvgIpc) is 3.24. The number of β-lactam (4-membered cyclic amide) rings is 1. The molecule has 1 fully saturated rings. The van der Waals surface area contributed by atoms with Crippen LogP contribution in [0.3, 0.4) is 0 Å². The highest BCUT2D eigenvalue weighted by Gasteiger charge is 2.55. The zero-order valence-electron chi connectivity index (χ0n) is 17.9. The van der Waals surface area contributed by atoms with Crippen LogP contribution in [0.5, 0.6) is 0 Å². The summed E-state index contributed by atoms with van der Waals surface area (Å²) >= 11 is 2.04. The number of aromatic amines is 1. The number of nitrogens with two attached hydrogens (primary N) is 1. The van der Waals surface area contributed by atoms with Gasteiger partial charge in [-0.25, -0.2) is 13.2 Å². The molecule has 0 saturated carbocycles. The molecular formula is C16H18F3N7O7S3. The van der Waals surface area contributed by atoms with Crippen LogP contribution < -0.4 is 11.1 Å². The molecule has 0 radical (unpaired) electrons. The number of sulfone groups is 1. The third-order valence-corrected chi connectivity index (χ3v) is 8.83. The van der Waals surface area contributed by atoms with Crippen molar-refractivity contribution in [2.75, 3.05) is 17.3 Å². The van der Waals surface area contributed by atoms with Gasteiger partial charge in [-0.15, -0.1) is 22.0 Å². The van der Waals surface area contributed by atoms with Crippen LogP contribution in [-0.4, -0.2) is 103 Å². The van der Waals surface area contributed by atoms with Gasteiger partial charge < -0.3 is 16.2 Å². The molecule has 0 spiro atoms. The van der Waals surface area contributed by atoms with E-state index in [2.05, 4.69) is 25.9 Å². The number of hydrogen-bond acceptors (Lipinski definition) is 11. The van der Waals surface area contributed by atoms with Gasteiger partial charge in [0.2, 0.25) is 17.0 Å². The van der Waals surface area contributed by atoms with E-state index in [1.54, 1.807) is 0 Å². The number of aliphatic carboxylic acids is 1. The lowest BCUT2D eigenvalue weighted by Gasteiger charge is -2.50. The molecule has 198 valence electrons. The van der Waals surface area contributed by atoms with Gasteiger partial charge in [-0.1, -0.05) is 11.8 Å². The second-order valence-electron chi connectivity index (χ2n) is 7.59. The van der Waals surface area contributed by atoms with E-state index in [4.69, 9.17) is 5.73 Å². The van der Waals surface area contributed by atoms with E-state index >= 15 is 0 Å². The Balaban J connectivity index is 1.79. The van der Waals surface area contributed by atoms with Crippen LogP contribution in [-0.2, 0) is 29.0 Å². The summed E-state index contributed by atoms with van der Waals surface area (Å²) in [5.41, 5.74) is 5.07. The number of H-pyrrole nitrogens is 1. The van der Waals surface area contributed by atoms with Crippen molar-refractivity contribution in [2.45, 2.75) is 40.8 Å². The number of nitrogens with zero attached hydrogens (tertiary/aromatic N) is 4. The fourth-order valence-corrected chi connectivity index (χ4v) is 7.13. The monoisotopic (exact) mass is 573 g/mol. The molecule has 3 atom stereocenters. The smallest absolute Gasteiger partial charge is 0.402 e. The number of carbonyl (C=O) groups excluding carboxylic acids is 3. The number of carboxylic acids is 1. The Bertz CT molecular complexity index is 1190. The Morgan fingerprint density at radius 2 is 2.06 bits per heavy atom. The first kappa shape index (κ1) is 27.7. The van der Waals surface area contributed by atoms with Gasteiger partial charge >= 0.3 is 12.1 Å². The van der Waals surface area contributed by atoms with E-state index in [1.807, 2.05) is 0 Å². The van der Waals surface area contributed by atoms with Crippen LogP contribution in [0.1, 0.15) is 12.8 Å². The summed E-state index contributed by atoms with van der Waals surface area (Å²) in [6.45, 7) is 0. The van der Waals surface area contributed by atoms with Gasteiger partial charge in [0.25, 0.3) is 5.91 Å². The van der Waals surface area contributed by atoms with Crippen LogP contribution in [0.15, 0.2) is 16.4 Å². The van der Waals surface area contributed by atoms with Crippen LogP contribution >= 0.6 is 23.5 Å². The van der Waals surface area contributed by atoms with E-state index in [9.17, 15) is 45.9 Å². The highest BCUT2D eigenvalue weighted by Crippen LogP contribution is 2.44. The normalized spacial score (nSPS) is 21.0. The summed E-state index contributed by atoms with van der Waals surface area (Å²) in [6.07, 6.45) is -5.06. The fourth-order valence-electron chi connectivity index (χ4n) is 3.51. The van der Waals surface area contributed by atoms with Gasteiger partial charge in [0.05, 0.1) is 0 Å². The van der Waals surface area contributed by atoms with Crippen molar-refractivity contribution < 1.29 is 45.9 Å². The number of halogens is 3. The number of hydrogen-bond donors (Lipinski definition) is 4. The quantitative estimate of drug-likeness (QED) is 0.178. The first-order valence-electron chi connectivity index (χ1n) is 9.84. The number of nitrogens with one attached hydrogen (secondary N) is 2. The molecule has 1 aromatic rings. The fraction of sp³-hybridized carbons (Fsp3) is 0.562. The number of carboxylic acid groups (broad SMARTS) is 1. The predicted octanol–water partition coefficient (Wildman–Crippen LogP) is -1.36. The van der Waals surface area contributed by atoms with Gasteiger partial charge in [0.1, 0.15) is 28.6 Å². The maximum Gasteiger partial charge on any atom is 0.402 e. The van der Waals surface area contributed by atoms with Gasteiger partial charge in [-0.3, -0.25) is 19.3 Å². The first-order chi connectivity index (χ1) is 16.7. The van der Waals surface area contributed by atoms with Crippen molar-refractivity contribution in [1.82, 2.24) is 30.8 Å². The molecular weight excluding hydrogens is 555 g/mol. The van der Waals surface area contributed by atoms with Crippen LogP contribution in [0.4, 0.5) is 13.2 Å². The molecule has 2 aliphatic rings. The summed E-state index contributed by atoms with van der Waals surface area (Å²) in [4.78, 5) is 49.1. The number of tetrazole rings is 1. The zero-order valence-corrected chi connectivity index (χ0v) is 20.3. The number of rotatable bonds is 11. The van der Waals surface area contributed by atoms with Crippen molar-refractivity contribution in [1.29, 1.82) is 0 Å². The van der Waals surface area contributed by atoms with Crippen LogP contribution in [0, 0.1) is 0 Å². The summed E-state index contributed by atoms with van der Waals surface area (Å²) in [7, 11) is -4.83. The number of carbonyl (C=O) groups is 4. The minimum atomic E-state index is -5.04. The molecule has 3 amide bonds. The van der Waals surface area contributed by atoms with E-state index in [-0.39, 0.29) is 29.3 Å². The topological polar surface area (TPSA) is 218 Å². The van der Waals surface area contributed by atoms with Crippen LogP contribution in [0.2, 0.25) is 0 Å². The van der Waals surface area contributed by atoms with Crippen molar-refractivity contribution >= 4 is 57.1 Å². The van der Waals surface area contributed by atoms with Crippen molar-refractivity contribution in [3.8, 4) is 0 Å². The van der Waals surface area contributed by atoms with Gasteiger partial charge in [0.15, 0.2) is 9.84 Å². The molecule has 5 N–H and O–H groups in total. The van der Waals surface area contributed by atoms with E-state index in [0.29, 0.717) is 0 Å². The zero-order chi connectivity index (χ0) is 26.8. The number of amides is 3. The molecule has 2 aliphatic heterocycles. The summed E-state index contributed by atoms with van der Waals surface area (Å²) in [5.74, 6) is -7.98. The predicted molar refractivity (Wildman–Crippen MR) is 117 cm³/mol. The Morgan fingerprint density at radius 3 is 2.61 bits per heavy atom. The minimum absolute atomic E-state index is 0.0309. The first-order valence-corrected chi connectivity index (χ1v) is 13.6. The molecule has 14 nitrogen and oxygen atoms in total. The standard InChI is InChI=1S/C16H18F3N7O7S3/c17-16(18,19)5-36(32,33)4-9(28)21-10-12(29)26-11(14(30)31)6(3-34-13(10)26)7(1-2-8(20)27)35-15-22-24-25-23-15/h7,10,13H,1-5H2,(H2,20,27)(H,21,28)(H,30,31)(H,22,23,24,25)/t7?,10?,13-/m1/s1. The third kappa shape index (κ3) is 6.66. The Kier molecular flexibility index (Phi) is 8.18. The molecule has 0 bridgehead atoms. The molecule has 2 unspecified atom stereocenters. The lowest BCUT2D eigenvalue weighted by atomic mass is 9.99. The highest BCUT2D eigenvalue weighted by atomic mass is 32.2. The van der Waals surface area contributed by atoms with Gasteiger partial charge in [-0.05, 0) is 17.2 Å². The Hall–Kier alpha value is -2.87. The number of aromatic nitrogens is 4. The second kappa shape index (κ2) is 10.6. The summed E-state index contributed by atoms with van der Waals surface area (Å²) in [6, 6.07) is -1.34. The number of primary amides is 1. The third-order valence-electron chi connectivity index (χ3n) is 4.87. The maximum atomic E-state index is 12.7. The second-order valence-corrected chi connectivity index (χ2v) is 11.9. The highest BCUT2D eigenvalue weighted by molar-refractivity contribution is 8.01. The minimum Gasteiger partial charge on any atom is -0.477 e. The van der Waals surface area contributed by atoms with Gasteiger partial charge in [-0.2, -0.15) is 18.4 Å². The molecule has 36 heavy (non-hydrogen) atoms. The molecule has 0 aromatic carbocycles. The molecule has 1 saturated heterocycles. The molecule has 3 heterocycles. The lowest BCUT2D eigenvalue weighted by Crippen LogP contribution is -2.71. The van der Waals surface area contributed by atoms with Crippen molar-refractivity contribution in [3.63, 3.8) is 0 Å².